The standard InChI is InChI=1S/C11H12O.C10H10O.C2H6/c1-2-9-7-10-5-3-4-6-11(10)12-8-9;1-8-6-9-4-2-3-5-10(9)11-7-8;1-2/h3-7H,2,8H2,1H3;2-6H,7H2,1H3;1-2H3. The maximum atomic E-state index is 5.56. The molecule has 0 saturated carbocycles. The number of para-hydroxylation sites is 2. The molecule has 2 nitrogen and oxygen atoms in total. The minimum absolute atomic E-state index is 0.733. The Bertz CT molecular complexity index is 741. The van der Waals surface area contributed by atoms with E-state index in [0.29, 0.717) is 0 Å². The van der Waals surface area contributed by atoms with Crippen molar-refractivity contribution < 1.29 is 9.47 Å². The average molecular weight is 336 g/mol. The Morgan fingerprint density at radius 2 is 1.28 bits per heavy atom. The summed E-state index contributed by atoms with van der Waals surface area (Å²) in [5, 5.41) is 0. The van der Waals surface area contributed by atoms with Crippen LogP contribution in [-0.2, 0) is 0 Å². The highest BCUT2D eigenvalue weighted by Gasteiger charge is 2.08. The van der Waals surface area contributed by atoms with Crippen molar-refractivity contribution >= 4 is 12.2 Å². The van der Waals surface area contributed by atoms with Crippen molar-refractivity contribution in [3.63, 3.8) is 0 Å². The van der Waals surface area contributed by atoms with Crippen molar-refractivity contribution in [2.75, 3.05) is 13.2 Å². The van der Waals surface area contributed by atoms with Crippen molar-refractivity contribution in [1.29, 1.82) is 0 Å². The highest BCUT2D eigenvalue weighted by molar-refractivity contribution is 5.62. The van der Waals surface area contributed by atoms with Gasteiger partial charge in [0.15, 0.2) is 0 Å². The molecule has 2 aromatic rings. The van der Waals surface area contributed by atoms with E-state index in [0.717, 1.165) is 31.1 Å². The van der Waals surface area contributed by atoms with E-state index in [9.17, 15) is 0 Å². The molecule has 0 radical (unpaired) electrons. The van der Waals surface area contributed by atoms with Crippen molar-refractivity contribution in [2.45, 2.75) is 34.1 Å². The highest BCUT2D eigenvalue weighted by atomic mass is 16.5. The first-order valence-electron chi connectivity index (χ1n) is 9.06. The Hall–Kier alpha value is -2.48. The van der Waals surface area contributed by atoms with Crippen LogP contribution in [0.5, 0.6) is 11.5 Å². The molecular weight excluding hydrogens is 308 g/mol. The highest BCUT2D eigenvalue weighted by Crippen LogP contribution is 2.26. The third-order valence-electron chi connectivity index (χ3n) is 3.92. The van der Waals surface area contributed by atoms with Crippen LogP contribution in [0.25, 0.3) is 12.2 Å². The average Bonchev–Trinajstić information content (AvgIpc) is 2.69. The second kappa shape index (κ2) is 9.73. The summed E-state index contributed by atoms with van der Waals surface area (Å²) in [5.41, 5.74) is 5.05. The molecule has 0 atom stereocenters. The number of hydrogen-bond donors (Lipinski definition) is 0. The molecule has 0 bridgehead atoms. The topological polar surface area (TPSA) is 18.5 Å². The molecule has 2 aliphatic heterocycles. The number of hydrogen-bond acceptors (Lipinski definition) is 2. The molecule has 2 heterocycles. The van der Waals surface area contributed by atoms with Crippen LogP contribution in [0.2, 0.25) is 0 Å². The van der Waals surface area contributed by atoms with Gasteiger partial charge < -0.3 is 9.47 Å². The first-order valence-corrected chi connectivity index (χ1v) is 9.06. The quantitative estimate of drug-likeness (QED) is 0.601. The van der Waals surface area contributed by atoms with E-state index < -0.39 is 0 Å². The fourth-order valence-corrected chi connectivity index (χ4v) is 2.60. The summed E-state index contributed by atoms with van der Waals surface area (Å²) in [6.45, 7) is 9.73. The van der Waals surface area contributed by atoms with Crippen LogP contribution in [0.4, 0.5) is 0 Å². The van der Waals surface area contributed by atoms with Gasteiger partial charge in [0, 0.05) is 11.1 Å². The van der Waals surface area contributed by atoms with Crippen molar-refractivity contribution in [3.05, 3.63) is 70.8 Å². The van der Waals surface area contributed by atoms with Crippen molar-refractivity contribution in [1.82, 2.24) is 0 Å². The summed E-state index contributed by atoms with van der Waals surface area (Å²) in [6.07, 6.45) is 5.46. The zero-order valence-electron chi connectivity index (χ0n) is 15.7. The fraction of sp³-hybridized carbons (Fsp3) is 0.304. The molecular formula is C23H28O2. The molecule has 0 amide bonds. The van der Waals surface area contributed by atoms with E-state index in [1.807, 2.05) is 50.2 Å². The molecule has 0 aliphatic carbocycles. The molecule has 0 fully saturated rings. The molecule has 2 aliphatic rings. The summed E-state index contributed by atoms with van der Waals surface area (Å²) < 4.78 is 11.0. The van der Waals surface area contributed by atoms with Gasteiger partial charge in [0.25, 0.3) is 0 Å². The second-order valence-electron chi connectivity index (χ2n) is 5.80. The molecule has 4 rings (SSSR count). The second-order valence-corrected chi connectivity index (χ2v) is 5.80. The van der Waals surface area contributed by atoms with E-state index in [2.05, 4.69) is 38.1 Å². The lowest BCUT2D eigenvalue weighted by Crippen LogP contribution is -2.06. The lowest BCUT2D eigenvalue weighted by Gasteiger charge is -2.16. The van der Waals surface area contributed by atoms with Crippen molar-refractivity contribution in [2.24, 2.45) is 0 Å². The minimum atomic E-state index is 0.733. The molecule has 2 heteroatoms. The SMILES string of the molecule is CC.CC1=Cc2ccccc2OC1.CCC1=Cc2ccccc2OC1. The van der Waals surface area contributed by atoms with Crippen LogP contribution in [0.1, 0.15) is 45.2 Å². The Morgan fingerprint density at radius 1 is 0.760 bits per heavy atom. The summed E-state index contributed by atoms with van der Waals surface area (Å²) >= 11 is 0. The summed E-state index contributed by atoms with van der Waals surface area (Å²) in [6, 6.07) is 16.2. The molecule has 132 valence electrons. The van der Waals surface area contributed by atoms with Crippen LogP contribution in [-0.4, -0.2) is 13.2 Å². The number of fused-ring (bicyclic) bond motifs is 2. The fourth-order valence-electron chi connectivity index (χ4n) is 2.60. The van der Waals surface area contributed by atoms with Crippen LogP contribution >= 0.6 is 0 Å². The van der Waals surface area contributed by atoms with Crippen LogP contribution in [0.3, 0.4) is 0 Å². The third-order valence-corrected chi connectivity index (χ3v) is 3.92. The van der Waals surface area contributed by atoms with E-state index in [1.54, 1.807) is 0 Å². The number of ether oxygens (including phenoxy) is 2. The van der Waals surface area contributed by atoms with Crippen LogP contribution < -0.4 is 9.47 Å². The lowest BCUT2D eigenvalue weighted by molar-refractivity contribution is 0.344. The first kappa shape index (κ1) is 18.9. The lowest BCUT2D eigenvalue weighted by atomic mass is 10.1. The molecule has 0 saturated heterocycles. The Morgan fingerprint density at radius 3 is 1.88 bits per heavy atom. The van der Waals surface area contributed by atoms with E-state index in [4.69, 9.17) is 9.47 Å². The zero-order chi connectivity index (χ0) is 18.1. The van der Waals surface area contributed by atoms with Gasteiger partial charge in [-0.3, -0.25) is 0 Å². The molecule has 0 spiro atoms. The third kappa shape index (κ3) is 5.25. The predicted octanol–water partition coefficient (Wildman–Crippen LogP) is 6.38. The van der Waals surface area contributed by atoms with Crippen molar-refractivity contribution in [3.8, 4) is 11.5 Å². The Labute approximate surface area is 151 Å². The van der Waals surface area contributed by atoms with E-state index >= 15 is 0 Å². The monoisotopic (exact) mass is 336 g/mol. The number of benzene rings is 2. The normalized spacial score (nSPS) is 13.8. The molecule has 25 heavy (non-hydrogen) atoms. The van der Waals surface area contributed by atoms with Crippen LogP contribution in [0.15, 0.2) is 59.7 Å². The van der Waals surface area contributed by atoms with Gasteiger partial charge >= 0.3 is 0 Å². The smallest absolute Gasteiger partial charge is 0.127 e. The number of rotatable bonds is 1. The summed E-state index contributed by atoms with van der Waals surface area (Å²) in [7, 11) is 0. The van der Waals surface area contributed by atoms with Gasteiger partial charge in [-0.1, -0.05) is 57.2 Å². The summed E-state index contributed by atoms with van der Waals surface area (Å²) in [5.74, 6) is 2.01. The first-order chi connectivity index (χ1) is 12.3. The van der Waals surface area contributed by atoms with Gasteiger partial charge in [0.05, 0.1) is 0 Å². The predicted molar refractivity (Wildman–Crippen MR) is 107 cm³/mol. The minimum Gasteiger partial charge on any atom is -0.489 e. The van der Waals surface area contributed by atoms with Gasteiger partial charge in [-0.2, -0.15) is 0 Å². The van der Waals surface area contributed by atoms with Crippen LogP contribution in [0, 0.1) is 0 Å². The molecule has 0 aromatic heterocycles. The molecule has 2 aromatic carbocycles. The Kier molecular flexibility index (Phi) is 7.34. The van der Waals surface area contributed by atoms with Gasteiger partial charge in [-0.05, 0) is 48.8 Å². The maximum Gasteiger partial charge on any atom is 0.127 e. The van der Waals surface area contributed by atoms with Gasteiger partial charge in [0.2, 0.25) is 0 Å². The van der Waals surface area contributed by atoms with Gasteiger partial charge in [0.1, 0.15) is 24.7 Å². The molecule has 0 N–H and O–H groups in total. The van der Waals surface area contributed by atoms with Gasteiger partial charge in [-0.15, -0.1) is 0 Å². The maximum absolute atomic E-state index is 5.56. The zero-order valence-corrected chi connectivity index (χ0v) is 15.7. The Balaban J connectivity index is 0.000000165. The van der Waals surface area contributed by atoms with E-state index in [1.165, 1.54) is 22.3 Å². The van der Waals surface area contributed by atoms with E-state index in [-0.39, 0.29) is 0 Å². The summed E-state index contributed by atoms with van der Waals surface area (Å²) in [4.78, 5) is 0. The molecule has 0 unspecified atom stereocenters. The van der Waals surface area contributed by atoms with Gasteiger partial charge in [-0.25, -0.2) is 0 Å². The largest absolute Gasteiger partial charge is 0.489 e.